The van der Waals surface area contributed by atoms with Gasteiger partial charge in [0.1, 0.15) is 0 Å². The lowest BCUT2D eigenvalue weighted by Gasteiger charge is -2.45. The van der Waals surface area contributed by atoms with Crippen molar-refractivity contribution in [1.29, 1.82) is 0 Å². The van der Waals surface area contributed by atoms with Crippen LogP contribution in [0.2, 0.25) is 0 Å². The van der Waals surface area contributed by atoms with Crippen LogP contribution in [0.25, 0.3) is 22.3 Å². The first-order chi connectivity index (χ1) is 21.7. The Labute approximate surface area is 277 Å². The molecule has 0 heterocycles. The first-order valence-corrected chi connectivity index (χ1v) is 17.7. The summed E-state index contributed by atoms with van der Waals surface area (Å²) in [5.74, 6) is 0. The molecule has 46 heavy (non-hydrogen) atoms. The van der Waals surface area contributed by atoms with Gasteiger partial charge in [-0.1, -0.05) is 139 Å². The Kier molecular flexibility index (Phi) is 6.42. The molecule has 0 fully saturated rings. The Bertz CT molecular complexity index is 1810. The molecule has 6 aliphatic rings. The molecule has 0 aromatic heterocycles. The minimum atomic E-state index is 0.243. The standard InChI is InChI=1S/C46H50/c1-43(2)17-18-44(3,4)40-26-30-22-33(21-29(30)25-39(40)43)35-13-9-11-15-37(35)38-16-12-10-14-36(38)34-23-31-27-41-42(28-32(31)24-34)46(7,8)20-19-45(41,5)6/h9-16,21-25,27H,17-20,26,28H2,1-8H3. The van der Waals surface area contributed by atoms with Crippen molar-refractivity contribution >= 4 is 11.1 Å². The van der Waals surface area contributed by atoms with E-state index in [-0.39, 0.29) is 21.7 Å². The van der Waals surface area contributed by atoms with E-state index in [0.717, 1.165) is 12.8 Å². The summed E-state index contributed by atoms with van der Waals surface area (Å²) in [5.41, 5.74) is 21.3. The molecule has 0 saturated carbocycles. The Balaban J connectivity index is 1.17. The molecule has 0 aliphatic heterocycles. The second kappa shape index (κ2) is 9.93. The second-order valence-electron chi connectivity index (χ2n) is 17.5. The molecule has 0 bridgehead atoms. The summed E-state index contributed by atoms with van der Waals surface area (Å²) in [6, 6.07) is 18.2. The number of hydrogen-bond acceptors (Lipinski definition) is 0. The topological polar surface area (TPSA) is 0 Å². The van der Waals surface area contributed by atoms with Crippen molar-refractivity contribution in [2.24, 2.45) is 21.7 Å². The van der Waals surface area contributed by atoms with E-state index in [4.69, 9.17) is 0 Å². The molecule has 2 aromatic carbocycles. The Morgan fingerprint density at radius 1 is 0.370 bits per heavy atom. The maximum atomic E-state index is 2.54. The third-order valence-electron chi connectivity index (χ3n) is 12.6. The summed E-state index contributed by atoms with van der Waals surface area (Å²) in [7, 11) is 0. The number of allylic oxidation sites excluding steroid dienone is 16. The zero-order valence-electron chi connectivity index (χ0n) is 29.3. The van der Waals surface area contributed by atoms with Crippen molar-refractivity contribution in [2.75, 3.05) is 0 Å². The molecular formula is C46H50. The van der Waals surface area contributed by atoms with Crippen LogP contribution < -0.4 is 0 Å². The molecule has 0 saturated heterocycles. The Morgan fingerprint density at radius 2 is 0.717 bits per heavy atom. The van der Waals surface area contributed by atoms with Crippen LogP contribution in [0.3, 0.4) is 0 Å². The predicted octanol–water partition coefficient (Wildman–Crippen LogP) is 12.9. The molecule has 6 aliphatic carbocycles. The lowest BCUT2D eigenvalue weighted by Crippen LogP contribution is -2.32. The maximum absolute atomic E-state index is 2.54. The number of benzene rings is 2. The lowest BCUT2D eigenvalue weighted by molar-refractivity contribution is 0.261. The van der Waals surface area contributed by atoms with Crippen LogP contribution in [-0.2, 0) is 0 Å². The highest BCUT2D eigenvalue weighted by atomic mass is 14.5. The van der Waals surface area contributed by atoms with Crippen molar-refractivity contribution in [3.63, 3.8) is 0 Å². The zero-order valence-corrected chi connectivity index (χ0v) is 29.3. The molecular weight excluding hydrogens is 553 g/mol. The normalized spacial score (nSPS) is 24.9. The van der Waals surface area contributed by atoms with Crippen molar-refractivity contribution in [3.8, 4) is 11.1 Å². The van der Waals surface area contributed by atoms with E-state index in [1.807, 2.05) is 0 Å². The van der Waals surface area contributed by atoms with Gasteiger partial charge in [-0.3, -0.25) is 0 Å². The zero-order chi connectivity index (χ0) is 32.2. The third-order valence-corrected chi connectivity index (χ3v) is 12.6. The molecule has 8 rings (SSSR count). The fraction of sp³-hybridized carbons (Fsp3) is 0.391. The van der Waals surface area contributed by atoms with E-state index >= 15 is 0 Å². The monoisotopic (exact) mass is 602 g/mol. The average Bonchev–Trinajstić information content (AvgIpc) is 3.64. The van der Waals surface area contributed by atoms with Crippen LogP contribution in [0.4, 0.5) is 0 Å². The summed E-state index contributed by atoms with van der Waals surface area (Å²) in [4.78, 5) is 0. The molecule has 0 heteroatoms. The van der Waals surface area contributed by atoms with E-state index in [0.29, 0.717) is 0 Å². The lowest BCUT2D eigenvalue weighted by atomic mass is 9.60. The van der Waals surface area contributed by atoms with Gasteiger partial charge < -0.3 is 0 Å². The Hall–Kier alpha value is -3.64. The van der Waals surface area contributed by atoms with Gasteiger partial charge in [0, 0.05) is 0 Å². The quantitative estimate of drug-likeness (QED) is 0.328. The van der Waals surface area contributed by atoms with Gasteiger partial charge in [0.2, 0.25) is 0 Å². The highest BCUT2D eigenvalue weighted by molar-refractivity contribution is 5.96. The average molecular weight is 603 g/mol. The van der Waals surface area contributed by atoms with Crippen LogP contribution in [0.1, 0.15) is 105 Å². The SMILES string of the molecule is CC1(C)CCC(C)(C)C2=C1C=C1C=C(c3ccccc3-c3ccccc3C3=CC4=CC5=C(CC4=C3)C(C)(C)CCC5(C)C)C=C1C2. The largest absolute Gasteiger partial charge is 0.0616 e. The highest BCUT2D eigenvalue weighted by Crippen LogP contribution is 2.57. The number of hydrogen-bond donors (Lipinski definition) is 0. The van der Waals surface area contributed by atoms with Crippen LogP contribution >= 0.6 is 0 Å². The fourth-order valence-electron chi connectivity index (χ4n) is 9.26. The van der Waals surface area contributed by atoms with Gasteiger partial charge >= 0.3 is 0 Å². The number of fused-ring (bicyclic) bond motifs is 2. The molecule has 0 amide bonds. The van der Waals surface area contributed by atoms with Crippen molar-refractivity contribution in [2.45, 2.75) is 93.9 Å². The third kappa shape index (κ3) is 4.62. The van der Waals surface area contributed by atoms with Crippen molar-refractivity contribution < 1.29 is 0 Å². The van der Waals surface area contributed by atoms with E-state index in [1.165, 1.54) is 81.4 Å². The second-order valence-corrected chi connectivity index (χ2v) is 17.5. The highest BCUT2D eigenvalue weighted by Gasteiger charge is 2.42. The number of rotatable bonds is 3. The minimum Gasteiger partial charge on any atom is -0.0616 e. The molecule has 0 atom stereocenters. The molecule has 234 valence electrons. The summed E-state index contributed by atoms with van der Waals surface area (Å²) in [6.07, 6.45) is 22.2. The van der Waals surface area contributed by atoms with E-state index in [2.05, 4.69) is 140 Å². The molecule has 0 unspecified atom stereocenters. The smallest absolute Gasteiger partial charge is 0.00495 e. The predicted molar refractivity (Wildman–Crippen MR) is 197 cm³/mol. The first-order valence-electron chi connectivity index (χ1n) is 17.7. The summed E-state index contributed by atoms with van der Waals surface area (Å²) < 4.78 is 0. The van der Waals surface area contributed by atoms with Gasteiger partial charge in [0.25, 0.3) is 0 Å². The molecule has 0 spiro atoms. The van der Waals surface area contributed by atoms with Crippen LogP contribution in [0, 0.1) is 21.7 Å². The summed E-state index contributed by atoms with van der Waals surface area (Å²) in [5, 5.41) is 0. The Morgan fingerprint density at radius 3 is 1.11 bits per heavy atom. The van der Waals surface area contributed by atoms with E-state index in [1.54, 1.807) is 22.3 Å². The van der Waals surface area contributed by atoms with E-state index < -0.39 is 0 Å². The van der Waals surface area contributed by atoms with Crippen molar-refractivity contribution in [1.82, 2.24) is 0 Å². The van der Waals surface area contributed by atoms with E-state index in [9.17, 15) is 0 Å². The maximum Gasteiger partial charge on any atom is -0.00495 e. The van der Waals surface area contributed by atoms with Gasteiger partial charge in [0.05, 0.1) is 0 Å². The van der Waals surface area contributed by atoms with Crippen molar-refractivity contribution in [3.05, 3.63) is 141 Å². The van der Waals surface area contributed by atoms with Crippen LogP contribution in [0.15, 0.2) is 130 Å². The van der Waals surface area contributed by atoms with Crippen LogP contribution in [-0.4, -0.2) is 0 Å². The first kappa shape index (κ1) is 29.7. The molecule has 0 N–H and O–H groups in total. The molecule has 0 nitrogen and oxygen atoms in total. The fourth-order valence-corrected chi connectivity index (χ4v) is 9.26. The van der Waals surface area contributed by atoms with Gasteiger partial charge in [-0.15, -0.1) is 0 Å². The van der Waals surface area contributed by atoms with Gasteiger partial charge in [0.15, 0.2) is 0 Å². The minimum absolute atomic E-state index is 0.243. The van der Waals surface area contributed by atoms with Crippen LogP contribution in [0.5, 0.6) is 0 Å². The summed E-state index contributed by atoms with van der Waals surface area (Å²) in [6.45, 7) is 19.6. The molecule has 2 aromatic rings. The van der Waals surface area contributed by atoms with Gasteiger partial charge in [-0.25, -0.2) is 0 Å². The van der Waals surface area contributed by atoms with Gasteiger partial charge in [-0.05, 0) is 139 Å². The van der Waals surface area contributed by atoms with Gasteiger partial charge in [-0.2, -0.15) is 0 Å². The molecule has 0 radical (unpaired) electrons. The summed E-state index contributed by atoms with van der Waals surface area (Å²) >= 11 is 0.